The zero-order valence-corrected chi connectivity index (χ0v) is 18.1. The van der Waals surface area contributed by atoms with Crippen molar-refractivity contribution < 1.29 is 9.18 Å². The summed E-state index contributed by atoms with van der Waals surface area (Å²) >= 11 is 1.25. The minimum Gasteiger partial charge on any atom is -0.352 e. The van der Waals surface area contributed by atoms with Crippen LogP contribution in [0.1, 0.15) is 24.0 Å². The van der Waals surface area contributed by atoms with E-state index in [0.717, 1.165) is 10.1 Å². The molecule has 2 aromatic carbocycles. The Kier molecular flexibility index (Phi) is 6.61. The van der Waals surface area contributed by atoms with Crippen LogP contribution >= 0.6 is 11.3 Å². The quantitative estimate of drug-likeness (QED) is 0.446. The van der Waals surface area contributed by atoms with E-state index in [-0.39, 0.29) is 31.0 Å². The number of halogens is 1. The second kappa shape index (κ2) is 9.74. The third-order valence-electron chi connectivity index (χ3n) is 5.24. The molecule has 4 aromatic rings. The molecule has 0 saturated carbocycles. The molecule has 32 heavy (non-hydrogen) atoms. The Morgan fingerprint density at radius 3 is 2.50 bits per heavy atom. The maximum Gasteiger partial charge on any atom is 0.331 e. The van der Waals surface area contributed by atoms with Crippen LogP contribution in [0.3, 0.4) is 0 Å². The Bertz CT molecular complexity index is 1360. The first-order valence-electron chi connectivity index (χ1n) is 10.3. The molecule has 0 atom stereocenters. The van der Waals surface area contributed by atoms with E-state index in [1.54, 1.807) is 29.6 Å². The van der Waals surface area contributed by atoms with Crippen molar-refractivity contribution in [1.29, 1.82) is 0 Å². The molecule has 8 heteroatoms. The number of thiophene rings is 1. The van der Waals surface area contributed by atoms with Gasteiger partial charge in [-0.3, -0.25) is 18.7 Å². The zero-order valence-electron chi connectivity index (χ0n) is 17.3. The summed E-state index contributed by atoms with van der Waals surface area (Å²) in [7, 11) is 0. The van der Waals surface area contributed by atoms with Crippen molar-refractivity contribution in [2.24, 2.45) is 0 Å². The predicted octanol–water partition coefficient (Wildman–Crippen LogP) is 3.51. The predicted molar refractivity (Wildman–Crippen MR) is 123 cm³/mol. The van der Waals surface area contributed by atoms with Crippen LogP contribution in [0, 0.1) is 5.82 Å². The van der Waals surface area contributed by atoms with Gasteiger partial charge in [0.05, 0.1) is 12.1 Å². The third-order valence-corrected chi connectivity index (χ3v) is 6.13. The molecule has 0 spiro atoms. The van der Waals surface area contributed by atoms with Gasteiger partial charge in [0.2, 0.25) is 5.91 Å². The molecular weight excluding hydrogens is 429 g/mol. The number of nitrogens with one attached hydrogen (secondary N) is 1. The van der Waals surface area contributed by atoms with Gasteiger partial charge in [-0.25, -0.2) is 9.18 Å². The first-order valence-corrected chi connectivity index (χ1v) is 11.2. The van der Waals surface area contributed by atoms with Crippen molar-refractivity contribution >= 4 is 27.5 Å². The fourth-order valence-corrected chi connectivity index (χ4v) is 4.41. The zero-order chi connectivity index (χ0) is 22.5. The van der Waals surface area contributed by atoms with Crippen molar-refractivity contribution in [2.45, 2.75) is 32.5 Å². The van der Waals surface area contributed by atoms with Crippen LogP contribution in [0.4, 0.5) is 4.39 Å². The van der Waals surface area contributed by atoms with Crippen LogP contribution < -0.4 is 16.6 Å². The first-order chi connectivity index (χ1) is 15.5. The van der Waals surface area contributed by atoms with E-state index >= 15 is 0 Å². The monoisotopic (exact) mass is 451 g/mol. The SMILES string of the molecule is O=C(CCCn1c(=O)c2sccc2n(Cc2ccccc2F)c1=O)NCc1ccccc1. The number of carbonyl (C=O) groups is 1. The number of nitrogens with zero attached hydrogens (tertiary/aromatic N) is 2. The second-order valence-electron chi connectivity index (χ2n) is 7.42. The summed E-state index contributed by atoms with van der Waals surface area (Å²) in [5.74, 6) is -0.554. The molecule has 164 valence electrons. The lowest BCUT2D eigenvalue weighted by Gasteiger charge is -2.13. The van der Waals surface area contributed by atoms with E-state index in [1.807, 2.05) is 30.3 Å². The van der Waals surface area contributed by atoms with Gasteiger partial charge in [-0.2, -0.15) is 0 Å². The Hall–Kier alpha value is -3.52. The van der Waals surface area contributed by atoms with Gasteiger partial charge in [0, 0.05) is 25.1 Å². The Labute approximate surface area is 187 Å². The molecule has 2 aromatic heterocycles. The number of fused-ring (bicyclic) bond motifs is 1. The van der Waals surface area contributed by atoms with Gasteiger partial charge in [-0.05, 0) is 29.5 Å². The van der Waals surface area contributed by atoms with Crippen molar-refractivity contribution in [2.75, 3.05) is 0 Å². The van der Waals surface area contributed by atoms with Gasteiger partial charge in [-0.15, -0.1) is 11.3 Å². The Balaban J connectivity index is 1.50. The van der Waals surface area contributed by atoms with E-state index in [1.165, 1.54) is 22.0 Å². The van der Waals surface area contributed by atoms with Crippen LogP contribution in [0.15, 0.2) is 75.6 Å². The number of hydrogen-bond donors (Lipinski definition) is 1. The van der Waals surface area contributed by atoms with E-state index in [2.05, 4.69) is 5.32 Å². The minimum absolute atomic E-state index is 0.0244. The molecular formula is C24H22FN3O3S. The van der Waals surface area contributed by atoms with Crippen molar-refractivity contribution in [3.63, 3.8) is 0 Å². The molecule has 4 rings (SSSR count). The number of aromatic nitrogens is 2. The largest absolute Gasteiger partial charge is 0.352 e. The summed E-state index contributed by atoms with van der Waals surface area (Å²) in [6.45, 7) is 0.564. The average Bonchev–Trinajstić information content (AvgIpc) is 3.29. The highest BCUT2D eigenvalue weighted by Gasteiger charge is 2.16. The van der Waals surface area contributed by atoms with Gasteiger partial charge >= 0.3 is 5.69 Å². The maximum absolute atomic E-state index is 14.2. The summed E-state index contributed by atoms with van der Waals surface area (Å²) in [6, 6.07) is 17.5. The van der Waals surface area contributed by atoms with Gasteiger partial charge < -0.3 is 5.32 Å². The molecule has 0 aliphatic rings. The lowest BCUT2D eigenvalue weighted by molar-refractivity contribution is -0.121. The molecule has 2 heterocycles. The number of amides is 1. The molecule has 1 amide bonds. The summed E-state index contributed by atoms with van der Waals surface area (Å²) in [5.41, 5.74) is 0.970. The highest BCUT2D eigenvalue weighted by molar-refractivity contribution is 7.17. The number of hydrogen-bond acceptors (Lipinski definition) is 4. The molecule has 0 bridgehead atoms. The van der Waals surface area contributed by atoms with Crippen molar-refractivity contribution in [1.82, 2.24) is 14.5 Å². The summed E-state index contributed by atoms with van der Waals surface area (Å²) < 4.78 is 17.2. The molecule has 0 unspecified atom stereocenters. The van der Waals surface area contributed by atoms with Crippen LogP contribution in [0.2, 0.25) is 0 Å². The molecule has 1 N–H and O–H groups in total. The summed E-state index contributed by atoms with van der Waals surface area (Å²) in [5, 5.41) is 4.58. The van der Waals surface area contributed by atoms with Crippen LogP contribution in [0.25, 0.3) is 10.2 Å². The van der Waals surface area contributed by atoms with Crippen LogP contribution in [0.5, 0.6) is 0 Å². The molecule has 0 saturated heterocycles. The standard InChI is InChI=1S/C24H22FN3O3S/c25-19-10-5-4-9-18(19)16-28-20-12-14-32-22(20)23(30)27(24(28)31)13-6-11-21(29)26-15-17-7-2-1-3-8-17/h1-5,7-10,12,14H,6,11,13,15-16H2,(H,26,29). The van der Waals surface area contributed by atoms with Gasteiger partial charge in [0.15, 0.2) is 0 Å². The molecule has 0 fully saturated rings. The van der Waals surface area contributed by atoms with Gasteiger partial charge in [0.1, 0.15) is 10.5 Å². The molecule has 6 nitrogen and oxygen atoms in total. The van der Waals surface area contributed by atoms with E-state index < -0.39 is 11.5 Å². The van der Waals surface area contributed by atoms with Gasteiger partial charge in [0.25, 0.3) is 5.56 Å². The van der Waals surface area contributed by atoms with Crippen molar-refractivity contribution in [3.05, 3.63) is 104 Å². The highest BCUT2D eigenvalue weighted by Crippen LogP contribution is 2.17. The fourth-order valence-electron chi connectivity index (χ4n) is 3.56. The number of benzene rings is 2. The second-order valence-corrected chi connectivity index (χ2v) is 8.33. The molecule has 0 radical (unpaired) electrons. The highest BCUT2D eigenvalue weighted by atomic mass is 32.1. The minimum atomic E-state index is -0.506. The van der Waals surface area contributed by atoms with Crippen LogP contribution in [-0.2, 0) is 24.4 Å². The lowest BCUT2D eigenvalue weighted by atomic mass is 10.2. The fraction of sp³-hybridized carbons (Fsp3) is 0.208. The topological polar surface area (TPSA) is 73.1 Å². The van der Waals surface area contributed by atoms with E-state index in [4.69, 9.17) is 0 Å². The first kappa shape index (κ1) is 21.7. The number of rotatable bonds is 8. The Morgan fingerprint density at radius 2 is 1.72 bits per heavy atom. The smallest absolute Gasteiger partial charge is 0.331 e. The third kappa shape index (κ3) is 4.70. The van der Waals surface area contributed by atoms with Crippen LogP contribution in [-0.4, -0.2) is 15.0 Å². The summed E-state index contributed by atoms with van der Waals surface area (Å²) in [6.07, 6.45) is 0.529. The maximum atomic E-state index is 14.2. The van der Waals surface area contributed by atoms with E-state index in [9.17, 15) is 18.8 Å². The van der Waals surface area contributed by atoms with Gasteiger partial charge in [-0.1, -0.05) is 48.5 Å². The summed E-state index contributed by atoms with van der Waals surface area (Å²) in [4.78, 5) is 38.1. The van der Waals surface area contributed by atoms with Crippen molar-refractivity contribution in [3.8, 4) is 0 Å². The lowest BCUT2D eigenvalue weighted by Crippen LogP contribution is -2.40. The molecule has 0 aliphatic heterocycles. The Morgan fingerprint density at radius 1 is 0.969 bits per heavy atom. The van der Waals surface area contributed by atoms with E-state index in [0.29, 0.717) is 28.7 Å². The normalized spacial score (nSPS) is 11.0. The average molecular weight is 452 g/mol. The number of carbonyl (C=O) groups excluding carboxylic acids is 1. The molecule has 0 aliphatic carbocycles.